The molecule has 0 aliphatic carbocycles. The number of hydrogen-bond donors (Lipinski definition) is 1. The quantitative estimate of drug-likeness (QED) is 0.686. The summed E-state index contributed by atoms with van der Waals surface area (Å²) >= 11 is 0. The molecule has 0 saturated carbocycles. The Labute approximate surface area is 108 Å². The molecule has 1 heterocycles. The molecule has 0 amide bonds. The molecule has 102 valence electrons. The topological polar surface area (TPSA) is 18.5 Å². The van der Waals surface area contributed by atoms with E-state index in [2.05, 4.69) is 42.9 Å². The van der Waals surface area contributed by atoms with Gasteiger partial charge in [0.05, 0.1) is 0 Å². The van der Waals surface area contributed by atoms with Crippen molar-refractivity contribution < 1.29 is 0 Å². The number of likely N-dealkylation sites (N-methyl/N-ethyl adjacent to an activating group) is 1. The lowest BCUT2D eigenvalue weighted by Crippen LogP contribution is -2.56. The summed E-state index contributed by atoms with van der Waals surface area (Å²) in [5.74, 6) is 0. The fraction of sp³-hybridized carbons (Fsp3) is 1.00. The summed E-state index contributed by atoms with van der Waals surface area (Å²) in [5, 5.41) is 3.57. The molecule has 2 unspecified atom stereocenters. The van der Waals surface area contributed by atoms with Crippen LogP contribution in [0.2, 0.25) is 0 Å². The van der Waals surface area contributed by atoms with Gasteiger partial charge in [-0.1, -0.05) is 20.8 Å². The van der Waals surface area contributed by atoms with Gasteiger partial charge in [-0.15, -0.1) is 0 Å². The molecule has 0 radical (unpaired) electrons. The number of nitrogens with zero attached hydrogens (tertiary/aromatic N) is 2. The van der Waals surface area contributed by atoms with Gasteiger partial charge in [-0.05, 0) is 32.9 Å². The smallest absolute Gasteiger partial charge is 0.0219 e. The summed E-state index contributed by atoms with van der Waals surface area (Å²) in [7, 11) is 2.27. The molecule has 0 spiro atoms. The van der Waals surface area contributed by atoms with Crippen molar-refractivity contribution in [1.82, 2.24) is 15.1 Å². The summed E-state index contributed by atoms with van der Waals surface area (Å²) in [5.41, 5.74) is 0. The molecule has 1 saturated heterocycles. The molecule has 3 nitrogen and oxygen atoms in total. The van der Waals surface area contributed by atoms with Crippen LogP contribution >= 0.6 is 0 Å². The molecule has 1 aliphatic rings. The van der Waals surface area contributed by atoms with Gasteiger partial charge in [-0.25, -0.2) is 0 Å². The van der Waals surface area contributed by atoms with E-state index >= 15 is 0 Å². The van der Waals surface area contributed by atoms with Crippen molar-refractivity contribution in [2.75, 3.05) is 39.8 Å². The fourth-order valence-electron chi connectivity index (χ4n) is 2.72. The van der Waals surface area contributed by atoms with E-state index in [0.29, 0.717) is 0 Å². The normalized spacial score (nSPS) is 25.1. The molecule has 1 aliphatic heterocycles. The second kappa shape index (κ2) is 8.06. The van der Waals surface area contributed by atoms with Gasteiger partial charge < -0.3 is 10.2 Å². The minimum atomic E-state index is 0.726. The zero-order chi connectivity index (χ0) is 12.7. The van der Waals surface area contributed by atoms with Gasteiger partial charge in [-0.2, -0.15) is 0 Å². The van der Waals surface area contributed by atoms with E-state index in [1.54, 1.807) is 0 Å². The first kappa shape index (κ1) is 14.9. The Morgan fingerprint density at radius 1 is 1.24 bits per heavy atom. The van der Waals surface area contributed by atoms with Gasteiger partial charge in [0.1, 0.15) is 0 Å². The predicted octanol–water partition coefficient (Wildman–Crippen LogP) is 1.79. The van der Waals surface area contributed by atoms with E-state index in [1.807, 2.05) is 0 Å². The van der Waals surface area contributed by atoms with Crippen LogP contribution in [0.4, 0.5) is 0 Å². The second-order valence-electron chi connectivity index (χ2n) is 5.30. The van der Waals surface area contributed by atoms with Crippen LogP contribution in [0.5, 0.6) is 0 Å². The van der Waals surface area contributed by atoms with Crippen molar-refractivity contribution in [1.29, 1.82) is 0 Å². The molecular formula is C14H31N3. The number of piperazine rings is 1. The van der Waals surface area contributed by atoms with Crippen LogP contribution in [0, 0.1) is 0 Å². The largest absolute Gasteiger partial charge is 0.315 e. The Morgan fingerprint density at radius 3 is 2.59 bits per heavy atom. The van der Waals surface area contributed by atoms with Crippen molar-refractivity contribution in [2.45, 2.75) is 52.1 Å². The number of hydrogen-bond acceptors (Lipinski definition) is 3. The average molecular weight is 241 g/mol. The van der Waals surface area contributed by atoms with Crippen molar-refractivity contribution in [3.8, 4) is 0 Å². The summed E-state index contributed by atoms with van der Waals surface area (Å²) in [6.45, 7) is 12.9. The van der Waals surface area contributed by atoms with Crippen molar-refractivity contribution in [3.63, 3.8) is 0 Å². The minimum absolute atomic E-state index is 0.726. The van der Waals surface area contributed by atoms with E-state index in [1.165, 1.54) is 38.9 Å². The van der Waals surface area contributed by atoms with Crippen LogP contribution in [0.15, 0.2) is 0 Å². The van der Waals surface area contributed by atoms with E-state index < -0.39 is 0 Å². The summed E-state index contributed by atoms with van der Waals surface area (Å²) < 4.78 is 0. The lowest BCUT2D eigenvalue weighted by molar-refractivity contribution is 0.0607. The second-order valence-corrected chi connectivity index (χ2v) is 5.30. The Hall–Kier alpha value is -0.120. The molecule has 3 heteroatoms. The molecule has 1 rings (SSSR count). The third kappa shape index (κ3) is 4.57. The molecule has 2 atom stereocenters. The van der Waals surface area contributed by atoms with E-state index in [0.717, 1.165) is 25.2 Å². The lowest BCUT2D eigenvalue weighted by Gasteiger charge is -2.42. The highest BCUT2D eigenvalue weighted by molar-refractivity contribution is 4.84. The molecule has 0 aromatic rings. The first-order valence-electron chi connectivity index (χ1n) is 7.37. The first-order chi connectivity index (χ1) is 8.22. The molecule has 17 heavy (non-hydrogen) atoms. The van der Waals surface area contributed by atoms with Gasteiger partial charge in [0.25, 0.3) is 0 Å². The van der Waals surface area contributed by atoms with Crippen LogP contribution in [0.3, 0.4) is 0 Å². The monoisotopic (exact) mass is 241 g/mol. The maximum atomic E-state index is 3.57. The van der Waals surface area contributed by atoms with Gasteiger partial charge in [-0.3, -0.25) is 4.90 Å². The molecule has 1 N–H and O–H groups in total. The Bertz CT molecular complexity index is 196. The van der Waals surface area contributed by atoms with E-state index in [9.17, 15) is 0 Å². The Kier molecular flexibility index (Phi) is 7.09. The lowest BCUT2D eigenvalue weighted by atomic mass is 10.1. The van der Waals surface area contributed by atoms with Crippen LogP contribution in [0.25, 0.3) is 0 Å². The van der Waals surface area contributed by atoms with E-state index in [4.69, 9.17) is 0 Å². The standard InChI is InChI=1S/C14H31N3/c1-5-8-15-11-13(6-2)17-10-9-16(4)14(7-3)12-17/h13-15H,5-12H2,1-4H3. The average Bonchev–Trinajstić information content (AvgIpc) is 2.36. The van der Waals surface area contributed by atoms with Crippen LogP contribution in [-0.2, 0) is 0 Å². The van der Waals surface area contributed by atoms with Gasteiger partial charge in [0, 0.05) is 38.3 Å². The third-order valence-corrected chi connectivity index (χ3v) is 4.07. The van der Waals surface area contributed by atoms with Crippen molar-refractivity contribution in [3.05, 3.63) is 0 Å². The Balaban J connectivity index is 2.40. The van der Waals surface area contributed by atoms with Crippen molar-refractivity contribution in [2.24, 2.45) is 0 Å². The van der Waals surface area contributed by atoms with Gasteiger partial charge in [0.15, 0.2) is 0 Å². The molecule has 0 aromatic carbocycles. The maximum absolute atomic E-state index is 3.57. The third-order valence-electron chi connectivity index (χ3n) is 4.07. The first-order valence-corrected chi connectivity index (χ1v) is 7.37. The molecular weight excluding hydrogens is 210 g/mol. The molecule has 0 bridgehead atoms. The van der Waals surface area contributed by atoms with Gasteiger partial charge in [0.2, 0.25) is 0 Å². The van der Waals surface area contributed by atoms with Crippen LogP contribution in [-0.4, -0.2) is 61.7 Å². The highest BCUT2D eigenvalue weighted by atomic mass is 15.3. The fourth-order valence-corrected chi connectivity index (χ4v) is 2.72. The highest BCUT2D eigenvalue weighted by Gasteiger charge is 2.26. The minimum Gasteiger partial charge on any atom is -0.315 e. The summed E-state index contributed by atoms with van der Waals surface area (Å²) in [6.07, 6.45) is 3.76. The number of rotatable bonds is 7. The van der Waals surface area contributed by atoms with Crippen molar-refractivity contribution >= 4 is 0 Å². The zero-order valence-electron chi connectivity index (χ0n) is 12.2. The Morgan fingerprint density at radius 2 is 2.00 bits per heavy atom. The summed E-state index contributed by atoms with van der Waals surface area (Å²) in [6, 6.07) is 1.48. The van der Waals surface area contributed by atoms with Crippen LogP contribution < -0.4 is 5.32 Å². The zero-order valence-corrected chi connectivity index (χ0v) is 12.2. The molecule has 0 aromatic heterocycles. The highest BCUT2D eigenvalue weighted by Crippen LogP contribution is 2.14. The van der Waals surface area contributed by atoms with E-state index in [-0.39, 0.29) is 0 Å². The maximum Gasteiger partial charge on any atom is 0.0219 e. The molecule has 1 fully saturated rings. The van der Waals surface area contributed by atoms with Crippen LogP contribution in [0.1, 0.15) is 40.0 Å². The SMILES string of the molecule is CCCNCC(CC)N1CCN(C)C(CC)C1. The van der Waals surface area contributed by atoms with Gasteiger partial charge >= 0.3 is 0 Å². The number of nitrogens with one attached hydrogen (secondary N) is 1. The summed E-state index contributed by atoms with van der Waals surface area (Å²) in [4.78, 5) is 5.21. The predicted molar refractivity (Wildman–Crippen MR) is 75.5 cm³/mol.